The average molecular weight is 277 g/mol. The minimum absolute atomic E-state index is 0.151. The highest BCUT2D eigenvalue weighted by Gasteiger charge is 2.11. The van der Waals surface area contributed by atoms with E-state index in [4.69, 9.17) is 21.4 Å². The molecule has 0 fully saturated rings. The molecule has 0 radical (unpaired) electrons. The van der Waals surface area contributed by atoms with E-state index >= 15 is 0 Å². The number of halogens is 1. The van der Waals surface area contributed by atoms with Gasteiger partial charge in [-0.15, -0.1) is 0 Å². The van der Waals surface area contributed by atoms with Crippen LogP contribution in [0.5, 0.6) is 5.75 Å². The summed E-state index contributed by atoms with van der Waals surface area (Å²) in [6.07, 6.45) is 0. The molecular formula is C15H13ClO3. The van der Waals surface area contributed by atoms with E-state index in [1.807, 2.05) is 25.1 Å². The van der Waals surface area contributed by atoms with Gasteiger partial charge in [-0.1, -0.05) is 35.9 Å². The molecule has 0 aromatic heterocycles. The summed E-state index contributed by atoms with van der Waals surface area (Å²) in [5.74, 6) is -0.651. The van der Waals surface area contributed by atoms with E-state index in [0.717, 1.165) is 11.1 Å². The second-order valence-electron chi connectivity index (χ2n) is 4.18. The first-order valence-electron chi connectivity index (χ1n) is 5.78. The maximum Gasteiger partial charge on any atom is 0.339 e. The number of ether oxygens (including phenoxy) is 1. The number of hydrogen-bond donors (Lipinski definition) is 1. The van der Waals surface area contributed by atoms with Crippen LogP contribution in [0.25, 0.3) is 0 Å². The molecule has 0 atom stereocenters. The summed E-state index contributed by atoms with van der Waals surface area (Å²) in [7, 11) is 0. The smallest absolute Gasteiger partial charge is 0.339 e. The molecule has 3 nitrogen and oxygen atoms in total. The maximum absolute atomic E-state index is 11.1. The third kappa shape index (κ3) is 3.26. The lowest BCUT2D eigenvalue weighted by atomic mass is 10.1. The number of carbonyl (C=O) groups is 1. The second-order valence-corrected chi connectivity index (χ2v) is 4.59. The Kier molecular flexibility index (Phi) is 4.07. The van der Waals surface area contributed by atoms with Crippen LogP contribution in [-0.4, -0.2) is 11.1 Å². The molecule has 1 N–H and O–H groups in total. The summed E-state index contributed by atoms with van der Waals surface area (Å²) in [5.41, 5.74) is 1.92. The third-order valence-electron chi connectivity index (χ3n) is 2.71. The molecule has 2 aromatic rings. The monoisotopic (exact) mass is 276 g/mol. The zero-order valence-electron chi connectivity index (χ0n) is 10.4. The van der Waals surface area contributed by atoms with E-state index in [-0.39, 0.29) is 12.2 Å². The van der Waals surface area contributed by atoms with Crippen LogP contribution < -0.4 is 4.74 Å². The molecule has 0 aliphatic carbocycles. The van der Waals surface area contributed by atoms with Gasteiger partial charge in [0.15, 0.2) is 0 Å². The van der Waals surface area contributed by atoms with Crippen molar-refractivity contribution in [2.75, 3.05) is 0 Å². The number of aromatic carboxylic acids is 1. The van der Waals surface area contributed by atoms with Crippen LogP contribution in [0, 0.1) is 6.92 Å². The Balaban J connectivity index is 2.22. The second kappa shape index (κ2) is 5.76. The van der Waals surface area contributed by atoms with Crippen LogP contribution in [0.15, 0.2) is 42.5 Å². The lowest BCUT2D eigenvalue weighted by Gasteiger charge is -2.11. The van der Waals surface area contributed by atoms with Crippen molar-refractivity contribution in [3.05, 3.63) is 64.2 Å². The van der Waals surface area contributed by atoms with Crippen molar-refractivity contribution in [3.63, 3.8) is 0 Å². The van der Waals surface area contributed by atoms with Gasteiger partial charge in [-0.05, 0) is 30.7 Å². The van der Waals surface area contributed by atoms with Gasteiger partial charge in [-0.2, -0.15) is 0 Å². The van der Waals surface area contributed by atoms with Crippen LogP contribution in [0.1, 0.15) is 21.5 Å². The zero-order valence-corrected chi connectivity index (χ0v) is 11.1. The van der Waals surface area contributed by atoms with E-state index in [1.54, 1.807) is 24.3 Å². The number of carboxylic acids is 1. The van der Waals surface area contributed by atoms with E-state index in [9.17, 15) is 4.79 Å². The minimum atomic E-state index is -1.01. The molecule has 0 unspecified atom stereocenters. The summed E-state index contributed by atoms with van der Waals surface area (Å²) in [6.45, 7) is 2.12. The Morgan fingerprint density at radius 3 is 2.68 bits per heavy atom. The van der Waals surface area contributed by atoms with Crippen molar-refractivity contribution in [3.8, 4) is 5.75 Å². The van der Waals surface area contributed by atoms with Gasteiger partial charge in [0.25, 0.3) is 0 Å². The predicted octanol–water partition coefficient (Wildman–Crippen LogP) is 3.93. The van der Waals surface area contributed by atoms with E-state index in [2.05, 4.69) is 0 Å². The first kappa shape index (κ1) is 13.4. The normalized spacial score (nSPS) is 10.2. The Bertz CT molecular complexity index is 608. The topological polar surface area (TPSA) is 46.5 Å². The molecular weight excluding hydrogens is 264 g/mol. The molecule has 0 saturated heterocycles. The van der Waals surface area contributed by atoms with Crippen LogP contribution >= 0.6 is 11.6 Å². The Labute approximate surface area is 116 Å². The molecule has 19 heavy (non-hydrogen) atoms. The molecule has 98 valence electrons. The quantitative estimate of drug-likeness (QED) is 0.920. The molecule has 0 heterocycles. The highest BCUT2D eigenvalue weighted by molar-refractivity contribution is 6.31. The first-order chi connectivity index (χ1) is 9.08. The molecule has 0 amide bonds. The Morgan fingerprint density at radius 2 is 2.00 bits per heavy atom. The van der Waals surface area contributed by atoms with Crippen molar-refractivity contribution < 1.29 is 14.6 Å². The molecule has 0 bridgehead atoms. The van der Waals surface area contributed by atoms with E-state index in [1.165, 1.54) is 0 Å². The SMILES string of the molecule is Cc1ccc(C(=O)O)c(OCc2ccccc2Cl)c1. The largest absolute Gasteiger partial charge is 0.488 e. The van der Waals surface area contributed by atoms with Gasteiger partial charge in [0.2, 0.25) is 0 Å². The van der Waals surface area contributed by atoms with Gasteiger partial charge < -0.3 is 9.84 Å². The predicted molar refractivity (Wildman–Crippen MR) is 73.9 cm³/mol. The Hall–Kier alpha value is -2.00. The van der Waals surface area contributed by atoms with Crippen LogP contribution in [-0.2, 0) is 6.61 Å². The Morgan fingerprint density at radius 1 is 1.26 bits per heavy atom. The van der Waals surface area contributed by atoms with E-state index < -0.39 is 5.97 Å². The molecule has 0 saturated carbocycles. The number of hydrogen-bond acceptors (Lipinski definition) is 2. The third-order valence-corrected chi connectivity index (χ3v) is 3.08. The standard InChI is InChI=1S/C15H13ClO3/c1-10-6-7-12(15(17)18)14(8-10)19-9-11-4-2-3-5-13(11)16/h2-8H,9H2,1H3,(H,17,18). The molecule has 4 heteroatoms. The van der Waals surface area contributed by atoms with Crippen molar-refractivity contribution in [2.45, 2.75) is 13.5 Å². The number of benzene rings is 2. The summed E-state index contributed by atoms with van der Waals surface area (Å²) in [6, 6.07) is 12.3. The molecule has 2 aromatic carbocycles. The summed E-state index contributed by atoms with van der Waals surface area (Å²) in [5, 5.41) is 9.71. The highest BCUT2D eigenvalue weighted by atomic mass is 35.5. The number of aryl methyl sites for hydroxylation is 1. The van der Waals surface area contributed by atoms with Gasteiger partial charge in [0.05, 0.1) is 0 Å². The number of carboxylic acid groups (broad SMARTS) is 1. The number of rotatable bonds is 4. The molecule has 0 spiro atoms. The van der Waals surface area contributed by atoms with Gasteiger partial charge >= 0.3 is 5.97 Å². The lowest BCUT2D eigenvalue weighted by Crippen LogP contribution is -2.04. The van der Waals surface area contributed by atoms with Crippen molar-refractivity contribution in [1.82, 2.24) is 0 Å². The van der Waals surface area contributed by atoms with Gasteiger partial charge in [-0.3, -0.25) is 0 Å². The van der Waals surface area contributed by atoms with Crippen molar-refractivity contribution in [1.29, 1.82) is 0 Å². The zero-order chi connectivity index (χ0) is 13.8. The fourth-order valence-electron chi connectivity index (χ4n) is 1.70. The fourth-order valence-corrected chi connectivity index (χ4v) is 1.89. The lowest BCUT2D eigenvalue weighted by molar-refractivity contribution is 0.0692. The van der Waals surface area contributed by atoms with Gasteiger partial charge in [0, 0.05) is 10.6 Å². The minimum Gasteiger partial charge on any atom is -0.488 e. The van der Waals surface area contributed by atoms with Gasteiger partial charge in [0.1, 0.15) is 17.9 Å². The van der Waals surface area contributed by atoms with E-state index in [0.29, 0.717) is 10.8 Å². The maximum atomic E-state index is 11.1. The molecule has 0 aliphatic heterocycles. The van der Waals surface area contributed by atoms with Crippen molar-refractivity contribution >= 4 is 17.6 Å². The summed E-state index contributed by atoms with van der Waals surface area (Å²) in [4.78, 5) is 11.1. The summed E-state index contributed by atoms with van der Waals surface area (Å²) < 4.78 is 5.58. The fraction of sp³-hybridized carbons (Fsp3) is 0.133. The summed E-state index contributed by atoms with van der Waals surface area (Å²) >= 11 is 6.03. The highest BCUT2D eigenvalue weighted by Crippen LogP contribution is 2.23. The van der Waals surface area contributed by atoms with Crippen LogP contribution in [0.3, 0.4) is 0 Å². The first-order valence-corrected chi connectivity index (χ1v) is 6.16. The van der Waals surface area contributed by atoms with Crippen LogP contribution in [0.2, 0.25) is 5.02 Å². The molecule has 0 aliphatic rings. The van der Waals surface area contributed by atoms with Gasteiger partial charge in [-0.25, -0.2) is 4.79 Å². The van der Waals surface area contributed by atoms with Crippen molar-refractivity contribution in [2.24, 2.45) is 0 Å². The van der Waals surface area contributed by atoms with Crippen LogP contribution in [0.4, 0.5) is 0 Å². The average Bonchev–Trinajstić information content (AvgIpc) is 2.37. The molecule has 2 rings (SSSR count).